The van der Waals surface area contributed by atoms with Crippen molar-refractivity contribution in [3.63, 3.8) is 0 Å². The van der Waals surface area contributed by atoms with Gasteiger partial charge in [-0.25, -0.2) is 4.98 Å². The highest BCUT2D eigenvalue weighted by Gasteiger charge is 2.19. The molecule has 0 aliphatic rings. The van der Waals surface area contributed by atoms with Gasteiger partial charge in [0.2, 0.25) is 11.1 Å². The number of nitrogens with one attached hydrogen (secondary N) is 2. The fourth-order valence-electron chi connectivity index (χ4n) is 2.05. The Balaban J connectivity index is 1.61. The molecule has 5 nitrogen and oxygen atoms in total. The molecule has 2 aromatic heterocycles. The van der Waals surface area contributed by atoms with Crippen LogP contribution in [0.2, 0.25) is 15.1 Å². The first-order valence-electron chi connectivity index (χ1n) is 7.48. The molecular formula is C16H13Cl3N4OS2. The molecule has 1 atom stereocenters. The third-order valence-corrected chi connectivity index (χ3v) is 6.22. The zero-order chi connectivity index (χ0) is 18.7. The smallest absolute Gasteiger partial charge is 0.237 e. The molecule has 2 N–H and O–H groups in total. The van der Waals surface area contributed by atoms with Gasteiger partial charge in [0.05, 0.1) is 26.0 Å². The minimum atomic E-state index is -0.425. The maximum absolute atomic E-state index is 12.4. The van der Waals surface area contributed by atoms with Gasteiger partial charge >= 0.3 is 0 Å². The standard InChI is InChI=1S/C16H13Cl3N4OS2/c1-8(15(24)20-13-7-11(18)10(17)6-12(13)19)26-16-21-14(22-23-16)5-9-3-2-4-25-9/h2-4,6-8H,5H2,1H3,(H,20,24)(H,21,22,23). The molecule has 1 unspecified atom stereocenters. The summed E-state index contributed by atoms with van der Waals surface area (Å²) < 4.78 is 0. The van der Waals surface area contributed by atoms with E-state index in [1.54, 1.807) is 18.3 Å². The number of hydrogen-bond acceptors (Lipinski definition) is 5. The van der Waals surface area contributed by atoms with Crippen molar-refractivity contribution >= 4 is 69.5 Å². The van der Waals surface area contributed by atoms with E-state index in [1.165, 1.54) is 28.8 Å². The van der Waals surface area contributed by atoms with Crippen LogP contribution in [0.4, 0.5) is 5.69 Å². The molecule has 1 amide bonds. The summed E-state index contributed by atoms with van der Waals surface area (Å²) in [6.45, 7) is 1.76. The molecule has 0 bridgehead atoms. The van der Waals surface area contributed by atoms with Crippen molar-refractivity contribution in [1.82, 2.24) is 15.2 Å². The molecule has 136 valence electrons. The molecule has 3 aromatic rings. The third kappa shape index (κ3) is 4.92. The Labute approximate surface area is 173 Å². The number of benzene rings is 1. The van der Waals surface area contributed by atoms with Crippen molar-refractivity contribution in [1.29, 1.82) is 0 Å². The molecule has 0 fully saturated rings. The van der Waals surface area contributed by atoms with Gasteiger partial charge in [-0.05, 0) is 30.5 Å². The Bertz CT molecular complexity index is 914. The van der Waals surface area contributed by atoms with Gasteiger partial charge < -0.3 is 5.32 Å². The molecule has 0 aliphatic carbocycles. The fraction of sp³-hybridized carbons (Fsp3) is 0.188. The van der Waals surface area contributed by atoms with Crippen LogP contribution in [0, 0.1) is 0 Å². The summed E-state index contributed by atoms with van der Waals surface area (Å²) in [6.07, 6.45) is 0.685. The third-order valence-electron chi connectivity index (χ3n) is 3.35. The minimum Gasteiger partial charge on any atom is -0.324 e. The van der Waals surface area contributed by atoms with Crippen LogP contribution in [0.3, 0.4) is 0 Å². The van der Waals surface area contributed by atoms with Crippen LogP contribution < -0.4 is 5.32 Å². The number of nitrogens with zero attached hydrogens (tertiary/aromatic N) is 2. The van der Waals surface area contributed by atoms with Crippen LogP contribution in [0.1, 0.15) is 17.6 Å². The Morgan fingerprint density at radius 1 is 1.31 bits per heavy atom. The van der Waals surface area contributed by atoms with Gasteiger partial charge in [0, 0.05) is 11.3 Å². The highest BCUT2D eigenvalue weighted by molar-refractivity contribution is 8.00. The monoisotopic (exact) mass is 446 g/mol. The second-order valence-electron chi connectivity index (χ2n) is 5.32. The average Bonchev–Trinajstić information content (AvgIpc) is 3.25. The van der Waals surface area contributed by atoms with Crippen molar-refractivity contribution in [3.05, 3.63) is 55.4 Å². The largest absolute Gasteiger partial charge is 0.324 e. The van der Waals surface area contributed by atoms with Gasteiger partial charge in [-0.2, -0.15) is 0 Å². The summed E-state index contributed by atoms with van der Waals surface area (Å²) in [4.78, 5) is 18.0. The van der Waals surface area contributed by atoms with E-state index >= 15 is 0 Å². The van der Waals surface area contributed by atoms with Crippen LogP contribution in [0.5, 0.6) is 0 Å². The van der Waals surface area contributed by atoms with Gasteiger partial charge in [-0.1, -0.05) is 52.6 Å². The number of anilines is 1. The number of carbonyl (C=O) groups excluding carboxylic acids is 1. The first kappa shape index (κ1) is 19.5. The summed E-state index contributed by atoms with van der Waals surface area (Å²) >= 11 is 20.9. The zero-order valence-electron chi connectivity index (χ0n) is 13.4. The number of carbonyl (C=O) groups is 1. The lowest BCUT2D eigenvalue weighted by atomic mass is 10.3. The van der Waals surface area contributed by atoms with E-state index in [-0.39, 0.29) is 5.91 Å². The molecule has 1 aromatic carbocycles. The Kier molecular flexibility index (Phi) is 6.47. The first-order chi connectivity index (χ1) is 12.4. The van der Waals surface area contributed by atoms with Gasteiger partial charge in [0.15, 0.2) is 0 Å². The Hall–Kier alpha value is -1.25. The molecule has 0 radical (unpaired) electrons. The number of hydrogen-bond donors (Lipinski definition) is 2. The van der Waals surface area contributed by atoms with Gasteiger partial charge in [-0.3, -0.25) is 9.89 Å². The lowest BCUT2D eigenvalue weighted by Crippen LogP contribution is -2.22. The van der Waals surface area contributed by atoms with E-state index in [2.05, 4.69) is 20.5 Å². The van der Waals surface area contributed by atoms with Gasteiger partial charge in [-0.15, -0.1) is 16.4 Å². The lowest BCUT2D eigenvalue weighted by molar-refractivity contribution is -0.115. The van der Waals surface area contributed by atoms with Gasteiger partial charge in [0.1, 0.15) is 5.82 Å². The van der Waals surface area contributed by atoms with Crippen LogP contribution in [-0.2, 0) is 11.2 Å². The van der Waals surface area contributed by atoms with Crippen LogP contribution in [0.25, 0.3) is 0 Å². The van der Waals surface area contributed by atoms with Crippen molar-refractivity contribution in [2.24, 2.45) is 0 Å². The van der Waals surface area contributed by atoms with Crippen LogP contribution in [0.15, 0.2) is 34.8 Å². The Morgan fingerprint density at radius 3 is 2.81 bits per heavy atom. The quantitative estimate of drug-likeness (QED) is 0.384. The summed E-state index contributed by atoms with van der Waals surface area (Å²) in [5.74, 6) is 0.523. The predicted molar refractivity (Wildman–Crippen MR) is 109 cm³/mol. The van der Waals surface area contributed by atoms with Crippen LogP contribution >= 0.6 is 57.9 Å². The van der Waals surface area contributed by atoms with Crippen molar-refractivity contribution in [2.75, 3.05) is 5.32 Å². The Morgan fingerprint density at radius 2 is 2.08 bits per heavy atom. The lowest BCUT2D eigenvalue weighted by Gasteiger charge is -2.12. The maximum atomic E-state index is 12.4. The van der Waals surface area contributed by atoms with E-state index in [4.69, 9.17) is 34.8 Å². The topological polar surface area (TPSA) is 70.7 Å². The molecule has 26 heavy (non-hydrogen) atoms. The van der Waals surface area contributed by atoms with Crippen molar-refractivity contribution in [3.8, 4) is 0 Å². The van der Waals surface area contributed by atoms with E-state index in [0.717, 1.165) is 5.82 Å². The molecule has 2 heterocycles. The summed E-state index contributed by atoms with van der Waals surface area (Å²) in [5.41, 5.74) is 0.409. The second-order valence-corrected chi connectivity index (χ2v) is 8.88. The zero-order valence-corrected chi connectivity index (χ0v) is 17.3. The average molecular weight is 448 g/mol. The number of aromatic nitrogens is 3. The molecule has 0 aliphatic heterocycles. The number of thioether (sulfide) groups is 1. The molecule has 0 spiro atoms. The van der Waals surface area contributed by atoms with Crippen LogP contribution in [-0.4, -0.2) is 26.3 Å². The number of rotatable bonds is 6. The first-order valence-corrected chi connectivity index (χ1v) is 10.4. The fourth-order valence-corrected chi connectivity index (χ4v) is 4.10. The summed E-state index contributed by atoms with van der Waals surface area (Å²) in [5, 5.41) is 12.9. The number of thiophene rings is 1. The predicted octanol–water partition coefficient (Wildman–Crippen LogP) is 5.54. The normalized spacial score (nSPS) is 12.2. The van der Waals surface area contributed by atoms with Crippen molar-refractivity contribution in [2.45, 2.75) is 23.8 Å². The highest BCUT2D eigenvalue weighted by Crippen LogP contribution is 2.33. The van der Waals surface area contributed by atoms with E-state index in [9.17, 15) is 4.79 Å². The number of amides is 1. The highest BCUT2D eigenvalue weighted by atomic mass is 35.5. The summed E-state index contributed by atoms with van der Waals surface area (Å²) in [7, 11) is 0. The molecule has 0 saturated heterocycles. The second kappa shape index (κ2) is 8.63. The van der Waals surface area contributed by atoms with E-state index < -0.39 is 5.25 Å². The molecule has 0 saturated carbocycles. The maximum Gasteiger partial charge on any atom is 0.237 e. The number of aromatic amines is 1. The molecule has 10 heteroatoms. The molecule has 3 rings (SSSR count). The summed E-state index contributed by atoms with van der Waals surface area (Å²) in [6, 6.07) is 7.04. The number of halogens is 3. The van der Waals surface area contributed by atoms with E-state index in [1.807, 2.05) is 17.5 Å². The molecular weight excluding hydrogens is 435 g/mol. The van der Waals surface area contributed by atoms with E-state index in [0.29, 0.717) is 32.3 Å². The minimum absolute atomic E-state index is 0.236. The van der Waals surface area contributed by atoms with Crippen molar-refractivity contribution < 1.29 is 4.79 Å². The SMILES string of the molecule is CC(Sc1n[nH]c(Cc2cccs2)n1)C(=O)Nc1cc(Cl)c(Cl)cc1Cl. The van der Waals surface area contributed by atoms with Gasteiger partial charge in [0.25, 0.3) is 0 Å². The number of H-pyrrole nitrogens is 1.